The van der Waals surface area contributed by atoms with E-state index in [1.165, 1.54) is 10.6 Å². The zero-order chi connectivity index (χ0) is 29.4. The first kappa shape index (κ1) is 29.6. The topological polar surface area (TPSA) is 128 Å². The van der Waals surface area contributed by atoms with Crippen molar-refractivity contribution in [2.45, 2.75) is 58.3 Å². The minimum Gasteiger partial charge on any atom is -0.444 e. The SMILES string of the molecule is CC(C)(C)OC(=O)NC1CCN(CCn2c(=O)ccc3ncccc32)CC1.O=CCn1c(=O)ccc2ncccc21. The number of pyridine rings is 4. The van der Waals surface area contributed by atoms with Crippen molar-refractivity contribution in [2.24, 2.45) is 0 Å². The lowest BCUT2D eigenvalue weighted by Gasteiger charge is -2.33. The number of ether oxygens (including phenoxy) is 1. The zero-order valence-corrected chi connectivity index (χ0v) is 23.7. The van der Waals surface area contributed by atoms with Crippen LogP contribution in [0.25, 0.3) is 22.1 Å². The van der Waals surface area contributed by atoms with Crippen LogP contribution in [0.3, 0.4) is 0 Å². The summed E-state index contributed by atoms with van der Waals surface area (Å²) in [5.41, 5.74) is 2.44. The number of carbonyl (C=O) groups excluding carboxylic acids is 2. The Labute approximate surface area is 237 Å². The maximum absolute atomic E-state index is 12.2. The molecule has 0 saturated carbocycles. The van der Waals surface area contributed by atoms with Crippen LogP contribution in [0.2, 0.25) is 0 Å². The van der Waals surface area contributed by atoms with E-state index in [2.05, 4.69) is 20.2 Å². The second kappa shape index (κ2) is 13.3. The third kappa shape index (κ3) is 8.07. The molecule has 5 rings (SSSR count). The second-order valence-electron chi connectivity index (χ2n) is 10.8. The van der Waals surface area contributed by atoms with E-state index in [0.717, 1.165) is 43.5 Å². The van der Waals surface area contributed by atoms with Gasteiger partial charge in [-0.15, -0.1) is 0 Å². The second-order valence-corrected chi connectivity index (χ2v) is 10.8. The highest BCUT2D eigenvalue weighted by atomic mass is 16.6. The number of alkyl carbamates (subject to hydrolysis) is 1. The van der Waals surface area contributed by atoms with Gasteiger partial charge in [0.05, 0.1) is 28.6 Å². The van der Waals surface area contributed by atoms with Gasteiger partial charge in [-0.1, -0.05) is 0 Å². The van der Waals surface area contributed by atoms with Crippen LogP contribution < -0.4 is 16.4 Å². The van der Waals surface area contributed by atoms with Gasteiger partial charge in [-0.05, 0) is 70.0 Å². The summed E-state index contributed by atoms with van der Waals surface area (Å²) in [5.74, 6) is 0. The number of hydrogen-bond donors (Lipinski definition) is 1. The van der Waals surface area contributed by atoms with Crippen LogP contribution >= 0.6 is 0 Å². The van der Waals surface area contributed by atoms with Crippen LogP contribution in [-0.4, -0.2) is 67.7 Å². The fraction of sp³-hybridized carbons (Fsp3) is 0.400. The minimum absolute atomic E-state index is 0.00280. The number of aldehydes is 1. The molecule has 41 heavy (non-hydrogen) atoms. The minimum atomic E-state index is -0.481. The van der Waals surface area contributed by atoms with E-state index in [4.69, 9.17) is 4.74 Å². The van der Waals surface area contributed by atoms with Crippen LogP contribution in [0.15, 0.2) is 70.5 Å². The summed E-state index contributed by atoms with van der Waals surface area (Å²) in [6.07, 6.45) is 5.50. The molecule has 1 N–H and O–H groups in total. The molecule has 4 aromatic rings. The molecule has 1 amide bonds. The van der Waals surface area contributed by atoms with Crippen molar-refractivity contribution in [2.75, 3.05) is 19.6 Å². The highest BCUT2D eigenvalue weighted by molar-refractivity contribution is 5.75. The van der Waals surface area contributed by atoms with Gasteiger partial charge in [-0.3, -0.25) is 24.1 Å². The Bertz CT molecular complexity index is 1620. The molecule has 0 unspecified atom stereocenters. The molecule has 0 radical (unpaired) electrons. The molecule has 0 spiro atoms. The summed E-state index contributed by atoms with van der Waals surface area (Å²) in [7, 11) is 0. The number of aromatic nitrogens is 4. The fourth-order valence-electron chi connectivity index (χ4n) is 4.76. The van der Waals surface area contributed by atoms with E-state index in [9.17, 15) is 19.2 Å². The van der Waals surface area contributed by atoms with E-state index in [-0.39, 0.29) is 29.8 Å². The monoisotopic (exact) mass is 560 g/mol. The number of hydrogen-bond acceptors (Lipinski definition) is 8. The van der Waals surface area contributed by atoms with E-state index in [1.54, 1.807) is 47.3 Å². The van der Waals surface area contributed by atoms with Crippen LogP contribution in [0.1, 0.15) is 33.6 Å². The largest absolute Gasteiger partial charge is 0.444 e. The van der Waals surface area contributed by atoms with Gasteiger partial charge >= 0.3 is 6.09 Å². The van der Waals surface area contributed by atoms with Crippen molar-refractivity contribution in [1.82, 2.24) is 29.3 Å². The summed E-state index contributed by atoms with van der Waals surface area (Å²) in [4.78, 5) is 56.7. The number of rotatable bonds is 6. The molecule has 0 aromatic carbocycles. The first-order valence-corrected chi connectivity index (χ1v) is 13.7. The zero-order valence-electron chi connectivity index (χ0n) is 23.7. The van der Waals surface area contributed by atoms with Crippen molar-refractivity contribution in [1.29, 1.82) is 0 Å². The van der Waals surface area contributed by atoms with Crippen molar-refractivity contribution < 1.29 is 14.3 Å². The Morgan fingerprint density at radius 3 is 2.02 bits per heavy atom. The molecular weight excluding hydrogens is 524 g/mol. The summed E-state index contributed by atoms with van der Waals surface area (Å²) in [6.45, 7) is 8.86. The van der Waals surface area contributed by atoms with Gasteiger partial charge in [-0.2, -0.15) is 0 Å². The van der Waals surface area contributed by atoms with Gasteiger partial charge in [0, 0.05) is 56.7 Å². The van der Waals surface area contributed by atoms with Crippen LogP contribution in [0, 0.1) is 0 Å². The van der Waals surface area contributed by atoms with E-state index in [1.807, 2.05) is 32.9 Å². The number of amides is 1. The molecular formula is C30H36N6O5. The molecule has 0 aliphatic carbocycles. The summed E-state index contributed by atoms with van der Waals surface area (Å²) in [5, 5.41) is 2.95. The number of nitrogens with one attached hydrogen (secondary N) is 1. The van der Waals surface area contributed by atoms with Crippen molar-refractivity contribution in [3.63, 3.8) is 0 Å². The van der Waals surface area contributed by atoms with Crippen molar-refractivity contribution >= 4 is 34.4 Å². The first-order chi connectivity index (χ1) is 19.6. The smallest absolute Gasteiger partial charge is 0.407 e. The standard InChI is InChI=1S/C20H28N4O3.C10H8N2O2/c1-20(2,3)27-19(26)22-15-8-11-23(12-9-15)13-14-24-17-5-4-10-21-16(17)6-7-18(24)25;13-7-6-12-9-2-1-5-11-8(9)3-4-10(12)14/h4-7,10,15H,8-9,11-14H2,1-3H3,(H,22,26);1-5,7H,6H2. The van der Waals surface area contributed by atoms with Gasteiger partial charge in [0.25, 0.3) is 11.1 Å². The molecule has 11 nitrogen and oxygen atoms in total. The molecule has 0 bridgehead atoms. The predicted octanol–water partition coefficient (Wildman–Crippen LogP) is 2.98. The van der Waals surface area contributed by atoms with E-state index < -0.39 is 5.60 Å². The molecule has 1 fully saturated rings. The Morgan fingerprint density at radius 2 is 1.46 bits per heavy atom. The number of likely N-dealkylation sites (tertiary alicyclic amines) is 1. The molecule has 1 aliphatic rings. The number of fused-ring (bicyclic) bond motifs is 2. The van der Waals surface area contributed by atoms with Gasteiger partial charge in [0.1, 0.15) is 11.9 Å². The Kier molecular flexibility index (Phi) is 9.61. The average molecular weight is 561 g/mol. The van der Waals surface area contributed by atoms with Gasteiger partial charge in [0.15, 0.2) is 0 Å². The summed E-state index contributed by atoms with van der Waals surface area (Å²) in [6, 6.07) is 13.8. The molecule has 11 heteroatoms. The third-order valence-electron chi connectivity index (χ3n) is 6.72. The molecule has 4 aromatic heterocycles. The van der Waals surface area contributed by atoms with Crippen LogP contribution in [-0.2, 0) is 22.6 Å². The molecule has 1 saturated heterocycles. The Hall–Kier alpha value is -4.38. The number of piperidine rings is 1. The third-order valence-corrected chi connectivity index (χ3v) is 6.72. The van der Waals surface area contributed by atoms with E-state index >= 15 is 0 Å². The molecule has 0 atom stereocenters. The molecule has 216 valence electrons. The quantitative estimate of drug-likeness (QED) is 0.357. The lowest BCUT2D eigenvalue weighted by Crippen LogP contribution is -2.46. The van der Waals surface area contributed by atoms with Crippen LogP contribution in [0.5, 0.6) is 0 Å². The Morgan fingerprint density at radius 1 is 0.902 bits per heavy atom. The lowest BCUT2D eigenvalue weighted by molar-refractivity contribution is -0.108. The molecule has 5 heterocycles. The highest BCUT2D eigenvalue weighted by Crippen LogP contribution is 2.14. The fourth-order valence-corrected chi connectivity index (χ4v) is 4.76. The van der Waals surface area contributed by atoms with Gasteiger partial charge < -0.3 is 24.3 Å². The van der Waals surface area contributed by atoms with Crippen molar-refractivity contribution in [3.05, 3.63) is 81.6 Å². The maximum Gasteiger partial charge on any atom is 0.407 e. The van der Waals surface area contributed by atoms with Crippen molar-refractivity contribution in [3.8, 4) is 0 Å². The Balaban J connectivity index is 0.000000231. The van der Waals surface area contributed by atoms with Gasteiger partial charge in [0.2, 0.25) is 0 Å². The van der Waals surface area contributed by atoms with Crippen LogP contribution in [0.4, 0.5) is 4.79 Å². The number of nitrogens with zero attached hydrogens (tertiary/aromatic N) is 5. The average Bonchev–Trinajstić information content (AvgIpc) is 2.94. The molecule has 1 aliphatic heterocycles. The highest BCUT2D eigenvalue weighted by Gasteiger charge is 2.23. The van der Waals surface area contributed by atoms with E-state index in [0.29, 0.717) is 23.9 Å². The normalized spacial score (nSPS) is 14.3. The lowest BCUT2D eigenvalue weighted by atomic mass is 10.1. The first-order valence-electron chi connectivity index (χ1n) is 13.7. The van der Waals surface area contributed by atoms with Gasteiger partial charge in [-0.25, -0.2) is 4.79 Å². The summed E-state index contributed by atoms with van der Waals surface area (Å²) < 4.78 is 8.50. The number of carbonyl (C=O) groups is 2. The predicted molar refractivity (Wildman–Crippen MR) is 157 cm³/mol. The summed E-state index contributed by atoms with van der Waals surface area (Å²) >= 11 is 0. The maximum atomic E-state index is 12.2.